The van der Waals surface area contributed by atoms with Gasteiger partial charge >= 0.3 is 0 Å². The summed E-state index contributed by atoms with van der Waals surface area (Å²) in [4.78, 5) is 0.160. The molecule has 100 valence electrons. The number of alkyl halides is 1. The molecule has 1 aliphatic heterocycles. The van der Waals surface area contributed by atoms with Gasteiger partial charge in [-0.25, -0.2) is 8.42 Å². The van der Waals surface area contributed by atoms with Gasteiger partial charge in [0.15, 0.2) is 0 Å². The highest BCUT2D eigenvalue weighted by atomic mass is 79.9. The van der Waals surface area contributed by atoms with Crippen LogP contribution in [0.4, 0.5) is 0 Å². The summed E-state index contributed by atoms with van der Waals surface area (Å²) in [5.74, 6) is 0. The summed E-state index contributed by atoms with van der Waals surface area (Å²) >= 11 is 15.1. The second kappa shape index (κ2) is 5.67. The zero-order valence-electron chi connectivity index (χ0n) is 9.44. The summed E-state index contributed by atoms with van der Waals surface area (Å²) in [7, 11) is -3.51. The Labute approximate surface area is 125 Å². The molecule has 7 heteroatoms. The molecule has 3 nitrogen and oxygen atoms in total. The van der Waals surface area contributed by atoms with Crippen LogP contribution < -0.4 is 0 Å². The van der Waals surface area contributed by atoms with Crippen LogP contribution in [0.1, 0.15) is 12.8 Å². The van der Waals surface area contributed by atoms with E-state index in [1.807, 2.05) is 0 Å². The van der Waals surface area contributed by atoms with Crippen LogP contribution in [0.2, 0.25) is 10.0 Å². The molecule has 0 aromatic heterocycles. The molecule has 0 saturated carbocycles. The summed E-state index contributed by atoms with van der Waals surface area (Å²) in [6, 6.07) is 4.40. The van der Waals surface area contributed by atoms with Crippen LogP contribution >= 0.6 is 39.1 Å². The number of benzene rings is 1. The first kappa shape index (κ1) is 14.6. The number of sulfonamides is 1. The molecule has 1 aromatic rings. The molecule has 18 heavy (non-hydrogen) atoms. The van der Waals surface area contributed by atoms with E-state index in [0.29, 0.717) is 21.9 Å². The third-order valence-electron chi connectivity index (χ3n) is 2.94. The van der Waals surface area contributed by atoms with E-state index in [4.69, 9.17) is 23.2 Å². The van der Waals surface area contributed by atoms with Crippen LogP contribution in [-0.4, -0.2) is 30.6 Å². The van der Waals surface area contributed by atoms with Crippen molar-refractivity contribution >= 4 is 49.2 Å². The number of nitrogens with zero attached hydrogens (tertiary/aromatic N) is 1. The minimum absolute atomic E-state index is 0.00718. The third kappa shape index (κ3) is 2.85. The van der Waals surface area contributed by atoms with Gasteiger partial charge in [-0.3, -0.25) is 0 Å². The number of hydrogen-bond acceptors (Lipinski definition) is 2. The van der Waals surface area contributed by atoms with E-state index in [0.717, 1.165) is 12.8 Å². The van der Waals surface area contributed by atoms with Crippen molar-refractivity contribution in [2.45, 2.75) is 23.8 Å². The SMILES string of the molecule is O=S(=O)(c1cc(Cl)cc(Cl)c1)N1CCCC1CBr. The molecule has 1 fully saturated rings. The van der Waals surface area contributed by atoms with Crippen LogP contribution in [-0.2, 0) is 10.0 Å². The number of halogens is 3. The van der Waals surface area contributed by atoms with Gasteiger partial charge in [0.25, 0.3) is 0 Å². The minimum atomic E-state index is -3.51. The Morgan fingerprint density at radius 1 is 1.28 bits per heavy atom. The number of rotatable bonds is 3. The predicted octanol–water partition coefficient (Wildman–Crippen LogP) is 3.54. The van der Waals surface area contributed by atoms with Crippen LogP contribution in [0, 0.1) is 0 Å². The molecule has 1 heterocycles. The summed E-state index contributed by atoms with van der Waals surface area (Å²) in [6.07, 6.45) is 1.75. The fourth-order valence-corrected chi connectivity index (χ4v) is 5.38. The van der Waals surface area contributed by atoms with Crippen LogP contribution in [0.15, 0.2) is 23.1 Å². The molecule has 1 atom stereocenters. The minimum Gasteiger partial charge on any atom is -0.207 e. The largest absolute Gasteiger partial charge is 0.243 e. The topological polar surface area (TPSA) is 37.4 Å². The van der Waals surface area contributed by atoms with Crippen LogP contribution in [0.3, 0.4) is 0 Å². The fraction of sp³-hybridized carbons (Fsp3) is 0.455. The lowest BCUT2D eigenvalue weighted by Gasteiger charge is -2.22. The van der Waals surface area contributed by atoms with E-state index >= 15 is 0 Å². The monoisotopic (exact) mass is 371 g/mol. The Balaban J connectivity index is 2.41. The van der Waals surface area contributed by atoms with Crippen molar-refractivity contribution in [1.29, 1.82) is 0 Å². The van der Waals surface area contributed by atoms with E-state index in [1.54, 1.807) is 0 Å². The van der Waals surface area contributed by atoms with Gasteiger partial charge in [-0.05, 0) is 31.0 Å². The smallest absolute Gasteiger partial charge is 0.207 e. The van der Waals surface area contributed by atoms with Gasteiger partial charge in [-0.1, -0.05) is 39.1 Å². The molecule has 1 unspecified atom stereocenters. The molecule has 0 aliphatic carbocycles. The molecular formula is C11H12BrCl2NO2S. The van der Waals surface area contributed by atoms with E-state index < -0.39 is 10.0 Å². The van der Waals surface area contributed by atoms with E-state index in [-0.39, 0.29) is 10.9 Å². The lowest BCUT2D eigenvalue weighted by Crippen LogP contribution is -2.36. The highest BCUT2D eigenvalue weighted by molar-refractivity contribution is 9.09. The molecule has 2 rings (SSSR count). The maximum atomic E-state index is 12.5. The van der Waals surface area contributed by atoms with E-state index in [9.17, 15) is 8.42 Å². The lowest BCUT2D eigenvalue weighted by atomic mass is 10.3. The van der Waals surface area contributed by atoms with Gasteiger partial charge in [-0.15, -0.1) is 0 Å². The van der Waals surface area contributed by atoms with Gasteiger partial charge < -0.3 is 0 Å². The van der Waals surface area contributed by atoms with Gasteiger partial charge in [0, 0.05) is 28.0 Å². The Morgan fingerprint density at radius 2 is 1.89 bits per heavy atom. The standard InChI is InChI=1S/C11H12BrCl2NO2S/c12-7-10-2-1-3-15(10)18(16,17)11-5-8(13)4-9(14)6-11/h4-6,10H,1-3,7H2. The summed E-state index contributed by atoms with van der Waals surface area (Å²) in [5.41, 5.74) is 0. The van der Waals surface area contributed by atoms with Crippen molar-refractivity contribution in [3.63, 3.8) is 0 Å². The highest BCUT2D eigenvalue weighted by Crippen LogP contribution is 2.30. The van der Waals surface area contributed by atoms with Crippen LogP contribution in [0.25, 0.3) is 0 Å². The second-order valence-corrected chi connectivity index (χ2v) is 7.58. The summed E-state index contributed by atoms with van der Waals surface area (Å²) in [6.45, 7) is 0.544. The summed E-state index contributed by atoms with van der Waals surface area (Å²) < 4.78 is 26.5. The first-order valence-corrected chi connectivity index (χ1v) is 8.81. The Morgan fingerprint density at radius 3 is 2.44 bits per heavy atom. The van der Waals surface area contributed by atoms with Gasteiger partial charge in [0.05, 0.1) is 4.90 Å². The molecule has 0 N–H and O–H groups in total. The normalized spacial score (nSPS) is 21.4. The zero-order valence-corrected chi connectivity index (χ0v) is 13.4. The van der Waals surface area contributed by atoms with Crippen molar-refractivity contribution in [2.24, 2.45) is 0 Å². The van der Waals surface area contributed by atoms with Gasteiger partial charge in [-0.2, -0.15) is 4.31 Å². The third-order valence-corrected chi connectivity index (χ3v) is 6.06. The average molecular weight is 373 g/mol. The quantitative estimate of drug-likeness (QED) is 0.761. The molecule has 1 saturated heterocycles. The Bertz CT molecular complexity index is 530. The van der Waals surface area contributed by atoms with E-state index in [2.05, 4.69) is 15.9 Å². The van der Waals surface area contributed by atoms with Gasteiger partial charge in [0.1, 0.15) is 0 Å². The maximum absolute atomic E-state index is 12.5. The highest BCUT2D eigenvalue weighted by Gasteiger charge is 2.34. The van der Waals surface area contributed by atoms with Crippen molar-refractivity contribution in [1.82, 2.24) is 4.31 Å². The molecule has 0 bridgehead atoms. The molecule has 0 spiro atoms. The molecule has 0 amide bonds. The fourth-order valence-electron chi connectivity index (χ4n) is 2.09. The average Bonchev–Trinajstić information content (AvgIpc) is 2.76. The predicted molar refractivity (Wildman–Crippen MR) is 77.2 cm³/mol. The van der Waals surface area contributed by atoms with Gasteiger partial charge in [0.2, 0.25) is 10.0 Å². The van der Waals surface area contributed by atoms with Crippen molar-refractivity contribution < 1.29 is 8.42 Å². The molecular weight excluding hydrogens is 361 g/mol. The van der Waals surface area contributed by atoms with Crippen molar-refractivity contribution in [3.05, 3.63) is 28.2 Å². The first-order valence-electron chi connectivity index (χ1n) is 5.49. The van der Waals surface area contributed by atoms with Crippen LogP contribution in [0.5, 0.6) is 0 Å². The molecule has 0 radical (unpaired) electrons. The van der Waals surface area contributed by atoms with Crippen molar-refractivity contribution in [3.8, 4) is 0 Å². The number of hydrogen-bond donors (Lipinski definition) is 0. The Kier molecular flexibility index (Phi) is 4.60. The molecule has 1 aliphatic rings. The first-order chi connectivity index (χ1) is 8.45. The lowest BCUT2D eigenvalue weighted by molar-refractivity contribution is 0.413. The Hall–Kier alpha value is 0.190. The second-order valence-electron chi connectivity index (χ2n) is 4.17. The maximum Gasteiger partial charge on any atom is 0.243 e. The van der Waals surface area contributed by atoms with Crippen molar-refractivity contribution in [2.75, 3.05) is 11.9 Å². The van der Waals surface area contributed by atoms with E-state index in [1.165, 1.54) is 22.5 Å². The zero-order chi connectivity index (χ0) is 13.3. The molecule has 1 aromatic carbocycles. The summed E-state index contributed by atoms with van der Waals surface area (Å²) in [5, 5.41) is 1.30.